The zero-order chi connectivity index (χ0) is 8.77. The van der Waals surface area contributed by atoms with Crippen LogP contribution in [0.15, 0.2) is 0 Å². The van der Waals surface area contributed by atoms with Crippen molar-refractivity contribution in [1.29, 1.82) is 0 Å². The van der Waals surface area contributed by atoms with Crippen LogP contribution in [0.2, 0.25) is 0 Å². The highest BCUT2D eigenvalue weighted by molar-refractivity contribution is 5.04. The van der Waals surface area contributed by atoms with Gasteiger partial charge < -0.3 is 5.73 Å². The van der Waals surface area contributed by atoms with Gasteiger partial charge in [-0.25, -0.2) is 0 Å². The SMILES string of the molecule is CC1CC1CN(C)C1(CN)CC1. The molecule has 2 nitrogen and oxygen atoms in total. The van der Waals surface area contributed by atoms with Gasteiger partial charge in [0.05, 0.1) is 0 Å². The fourth-order valence-corrected chi connectivity index (χ4v) is 2.08. The summed E-state index contributed by atoms with van der Waals surface area (Å²) in [7, 11) is 2.24. The van der Waals surface area contributed by atoms with Gasteiger partial charge in [0.1, 0.15) is 0 Å². The van der Waals surface area contributed by atoms with Gasteiger partial charge in [-0.05, 0) is 38.1 Å². The molecule has 2 heteroatoms. The Morgan fingerprint density at radius 1 is 1.50 bits per heavy atom. The maximum absolute atomic E-state index is 5.76. The predicted octanol–water partition coefficient (Wildman–Crippen LogP) is 1.07. The molecule has 0 aromatic carbocycles. The van der Waals surface area contributed by atoms with E-state index in [-0.39, 0.29) is 0 Å². The van der Waals surface area contributed by atoms with E-state index in [4.69, 9.17) is 5.73 Å². The first-order valence-corrected chi connectivity index (χ1v) is 5.09. The fraction of sp³-hybridized carbons (Fsp3) is 1.00. The van der Waals surface area contributed by atoms with Gasteiger partial charge in [-0.2, -0.15) is 0 Å². The van der Waals surface area contributed by atoms with E-state index in [9.17, 15) is 0 Å². The molecule has 2 saturated carbocycles. The highest BCUT2D eigenvalue weighted by atomic mass is 15.2. The normalized spacial score (nSPS) is 37.0. The molecule has 0 bridgehead atoms. The topological polar surface area (TPSA) is 29.3 Å². The third-order valence-corrected chi connectivity index (χ3v) is 3.80. The minimum Gasteiger partial charge on any atom is -0.329 e. The second-order valence-electron chi connectivity index (χ2n) is 4.78. The molecule has 0 saturated heterocycles. The Hall–Kier alpha value is -0.0800. The zero-order valence-corrected chi connectivity index (χ0v) is 8.21. The molecule has 70 valence electrons. The summed E-state index contributed by atoms with van der Waals surface area (Å²) in [4.78, 5) is 2.50. The minimum absolute atomic E-state index is 0.419. The van der Waals surface area contributed by atoms with Gasteiger partial charge in [0, 0.05) is 18.6 Å². The molecule has 0 heterocycles. The van der Waals surface area contributed by atoms with Crippen LogP contribution in [0, 0.1) is 11.8 Å². The fourth-order valence-electron chi connectivity index (χ4n) is 2.08. The molecule has 0 spiro atoms. The van der Waals surface area contributed by atoms with Crippen molar-refractivity contribution in [3.63, 3.8) is 0 Å². The average Bonchev–Trinajstić information content (AvgIpc) is 2.89. The summed E-state index contributed by atoms with van der Waals surface area (Å²) in [5.74, 6) is 1.94. The maximum Gasteiger partial charge on any atom is 0.0330 e. The Labute approximate surface area is 75.1 Å². The lowest BCUT2D eigenvalue weighted by Crippen LogP contribution is -2.41. The first-order chi connectivity index (χ1) is 5.68. The van der Waals surface area contributed by atoms with Crippen LogP contribution in [-0.4, -0.2) is 30.6 Å². The molecule has 12 heavy (non-hydrogen) atoms. The molecule has 2 atom stereocenters. The van der Waals surface area contributed by atoms with Crippen molar-refractivity contribution in [2.45, 2.75) is 31.7 Å². The van der Waals surface area contributed by atoms with Crippen LogP contribution < -0.4 is 5.73 Å². The molecule has 0 aromatic rings. The molecule has 2 aliphatic carbocycles. The summed E-state index contributed by atoms with van der Waals surface area (Å²) in [6.45, 7) is 4.48. The summed E-state index contributed by atoms with van der Waals surface area (Å²) >= 11 is 0. The summed E-state index contributed by atoms with van der Waals surface area (Å²) in [6.07, 6.45) is 4.08. The molecule has 2 rings (SSSR count). The van der Waals surface area contributed by atoms with Crippen LogP contribution in [0.1, 0.15) is 26.2 Å². The lowest BCUT2D eigenvalue weighted by Gasteiger charge is -2.26. The number of nitrogens with zero attached hydrogens (tertiary/aromatic N) is 1. The van der Waals surface area contributed by atoms with Crippen molar-refractivity contribution in [2.75, 3.05) is 20.1 Å². The molecule has 0 aliphatic heterocycles. The summed E-state index contributed by atoms with van der Waals surface area (Å²) in [6, 6.07) is 0. The molecule has 0 amide bonds. The number of nitrogens with two attached hydrogens (primary N) is 1. The molecule has 2 N–H and O–H groups in total. The van der Waals surface area contributed by atoms with Gasteiger partial charge >= 0.3 is 0 Å². The average molecular weight is 168 g/mol. The van der Waals surface area contributed by atoms with Crippen molar-refractivity contribution in [3.8, 4) is 0 Å². The lowest BCUT2D eigenvalue weighted by molar-refractivity contribution is 0.215. The minimum atomic E-state index is 0.419. The second kappa shape index (κ2) is 2.71. The van der Waals surface area contributed by atoms with Crippen LogP contribution in [-0.2, 0) is 0 Å². The highest BCUT2D eigenvalue weighted by Crippen LogP contribution is 2.44. The van der Waals surface area contributed by atoms with Crippen molar-refractivity contribution in [3.05, 3.63) is 0 Å². The van der Waals surface area contributed by atoms with Gasteiger partial charge in [-0.1, -0.05) is 6.92 Å². The largest absolute Gasteiger partial charge is 0.329 e. The van der Waals surface area contributed by atoms with Crippen molar-refractivity contribution < 1.29 is 0 Å². The van der Waals surface area contributed by atoms with Crippen LogP contribution in [0.5, 0.6) is 0 Å². The quantitative estimate of drug-likeness (QED) is 0.680. The second-order valence-corrected chi connectivity index (χ2v) is 4.78. The summed E-state index contributed by atoms with van der Waals surface area (Å²) < 4.78 is 0. The monoisotopic (exact) mass is 168 g/mol. The van der Waals surface area contributed by atoms with Crippen LogP contribution >= 0.6 is 0 Å². The standard InChI is InChI=1S/C10H20N2/c1-8-5-9(8)6-12(2)10(7-11)3-4-10/h8-9H,3-7,11H2,1-2H3. The van der Waals surface area contributed by atoms with Crippen LogP contribution in [0.4, 0.5) is 0 Å². The third kappa shape index (κ3) is 1.38. The molecule has 2 aliphatic rings. The van der Waals surface area contributed by atoms with Gasteiger partial charge in [-0.15, -0.1) is 0 Å². The highest BCUT2D eigenvalue weighted by Gasteiger charge is 2.47. The Morgan fingerprint density at radius 3 is 2.42 bits per heavy atom. The zero-order valence-electron chi connectivity index (χ0n) is 8.21. The van der Waals surface area contributed by atoms with Gasteiger partial charge in [0.15, 0.2) is 0 Å². The third-order valence-electron chi connectivity index (χ3n) is 3.80. The Kier molecular flexibility index (Phi) is 1.92. The predicted molar refractivity (Wildman–Crippen MR) is 50.9 cm³/mol. The van der Waals surface area contributed by atoms with Gasteiger partial charge in [-0.3, -0.25) is 4.90 Å². The smallest absolute Gasteiger partial charge is 0.0330 e. The van der Waals surface area contributed by atoms with Crippen molar-refractivity contribution in [1.82, 2.24) is 4.90 Å². The summed E-state index contributed by atoms with van der Waals surface area (Å²) in [5.41, 5.74) is 6.18. The van der Waals surface area contributed by atoms with E-state index in [0.717, 1.165) is 18.4 Å². The summed E-state index contributed by atoms with van der Waals surface area (Å²) in [5, 5.41) is 0. The number of likely N-dealkylation sites (N-methyl/N-ethyl adjacent to an activating group) is 1. The molecular weight excluding hydrogens is 148 g/mol. The molecule has 0 radical (unpaired) electrons. The van der Waals surface area contributed by atoms with E-state index < -0.39 is 0 Å². The van der Waals surface area contributed by atoms with Crippen molar-refractivity contribution in [2.24, 2.45) is 17.6 Å². The van der Waals surface area contributed by atoms with Crippen LogP contribution in [0.25, 0.3) is 0 Å². The molecule has 2 fully saturated rings. The van der Waals surface area contributed by atoms with E-state index in [1.807, 2.05) is 0 Å². The number of hydrogen-bond donors (Lipinski definition) is 1. The van der Waals surface area contributed by atoms with Crippen LogP contribution in [0.3, 0.4) is 0 Å². The first kappa shape index (κ1) is 8.52. The van der Waals surface area contributed by atoms with Gasteiger partial charge in [0.25, 0.3) is 0 Å². The first-order valence-electron chi connectivity index (χ1n) is 5.09. The lowest BCUT2D eigenvalue weighted by atomic mass is 10.2. The molecular formula is C10H20N2. The Bertz CT molecular complexity index is 175. The Morgan fingerprint density at radius 2 is 2.08 bits per heavy atom. The van der Waals surface area contributed by atoms with E-state index in [0.29, 0.717) is 5.54 Å². The van der Waals surface area contributed by atoms with Gasteiger partial charge in [0.2, 0.25) is 0 Å². The van der Waals surface area contributed by atoms with Crippen molar-refractivity contribution >= 4 is 0 Å². The number of rotatable bonds is 4. The van der Waals surface area contributed by atoms with E-state index >= 15 is 0 Å². The van der Waals surface area contributed by atoms with E-state index in [1.54, 1.807) is 0 Å². The maximum atomic E-state index is 5.76. The Balaban J connectivity index is 1.80. The van der Waals surface area contributed by atoms with E-state index in [2.05, 4.69) is 18.9 Å². The number of hydrogen-bond acceptors (Lipinski definition) is 2. The molecule has 0 aromatic heterocycles. The van der Waals surface area contributed by atoms with E-state index in [1.165, 1.54) is 25.8 Å². The molecule has 2 unspecified atom stereocenters.